The number of amides is 1. The molecule has 5 heteroatoms. The molecule has 0 aromatic rings. The van der Waals surface area contributed by atoms with Gasteiger partial charge in [-0.1, -0.05) is 0 Å². The first-order chi connectivity index (χ1) is 7.65. The molecule has 1 rings (SSSR count). The van der Waals surface area contributed by atoms with E-state index in [4.69, 9.17) is 5.26 Å². The number of nitrogens with zero attached hydrogens (tertiary/aromatic N) is 2. The number of thioether (sulfide) groups is 1. The van der Waals surface area contributed by atoms with Crippen molar-refractivity contribution < 1.29 is 4.79 Å². The molecule has 2 atom stereocenters. The van der Waals surface area contributed by atoms with Gasteiger partial charge >= 0.3 is 0 Å². The molecule has 0 aromatic carbocycles. The molecule has 1 aliphatic rings. The summed E-state index contributed by atoms with van der Waals surface area (Å²) in [4.78, 5) is 13.6. The lowest BCUT2D eigenvalue weighted by atomic mass is 10.1. The van der Waals surface area contributed by atoms with Gasteiger partial charge in [0, 0.05) is 43.6 Å². The van der Waals surface area contributed by atoms with Crippen LogP contribution >= 0.6 is 11.8 Å². The van der Waals surface area contributed by atoms with Crippen molar-refractivity contribution in [1.29, 1.82) is 5.26 Å². The van der Waals surface area contributed by atoms with Crippen LogP contribution in [-0.2, 0) is 4.79 Å². The maximum Gasteiger partial charge on any atom is 0.224 e. The van der Waals surface area contributed by atoms with Crippen LogP contribution in [-0.4, -0.2) is 48.0 Å². The molecular weight excluding hydrogens is 222 g/mol. The van der Waals surface area contributed by atoms with Gasteiger partial charge in [-0.05, 0) is 6.92 Å². The van der Waals surface area contributed by atoms with Crippen LogP contribution in [0.5, 0.6) is 0 Å². The van der Waals surface area contributed by atoms with Crippen LogP contribution in [0, 0.1) is 11.3 Å². The van der Waals surface area contributed by atoms with Crippen molar-refractivity contribution in [3.63, 3.8) is 0 Å². The summed E-state index contributed by atoms with van der Waals surface area (Å²) < 4.78 is 0. The average Bonchev–Trinajstić information content (AvgIpc) is 2.29. The van der Waals surface area contributed by atoms with E-state index in [-0.39, 0.29) is 11.9 Å². The van der Waals surface area contributed by atoms with Gasteiger partial charge in [-0.15, -0.1) is 0 Å². The first kappa shape index (κ1) is 13.3. The van der Waals surface area contributed by atoms with Crippen molar-refractivity contribution in [2.24, 2.45) is 0 Å². The van der Waals surface area contributed by atoms with Crippen molar-refractivity contribution in [3.8, 4) is 6.07 Å². The van der Waals surface area contributed by atoms with Crippen LogP contribution in [0.2, 0.25) is 0 Å². The predicted octanol–water partition coefficient (Wildman–Crippen LogP) is 0.842. The van der Waals surface area contributed by atoms with Crippen molar-refractivity contribution >= 4 is 17.7 Å². The Morgan fingerprint density at radius 1 is 1.75 bits per heavy atom. The molecule has 0 aliphatic carbocycles. The van der Waals surface area contributed by atoms with Gasteiger partial charge in [0.15, 0.2) is 0 Å². The molecule has 90 valence electrons. The van der Waals surface area contributed by atoms with E-state index in [0.29, 0.717) is 18.9 Å². The number of hydrogen-bond donors (Lipinski definition) is 1. The fourth-order valence-corrected chi connectivity index (χ4v) is 2.57. The molecule has 0 spiro atoms. The monoisotopic (exact) mass is 241 g/mol. The SMILES string of the molecule is CC(CC#N)N(C)C(=O)CC1CSCCN1. The standard InChI is InChI=1S/C11H19N3OS/c1-9(3-4-12)14(2)11(15)7-10-8-16-6-5-13-10/h9-10,13H,3,5-8H2,1-2H3. The Hall–Kier alpha value is -0.730. The summed E-state index contributed by atoms with van der Waals surface area (Å²) in [6.45, 7) is 2.89. The molecule has 1 aliphatic heterocycles. The highest BCUT2D eigenvalue weighted by atomic mass is 32.2. The van der Waals surface area contributed by atoms with Crippen LogP contribution in [0.15, 0.2) is 0 Å². The Kier molecular flexibility index (Phi) is 5.64. The summed E-state index contributed by atoms with van der Waals surface area (Å²) in [7, 11) is 1.78. The van der Waals surface area contributed by atoms with Crippen molar-refractivity contribution in [3.05, 3.63) is 0 Å². The Morgan fingerprint density at radius 2 is 2.50 bits per heavy atom. The Bertz CT molecular complexity index is 271. The van der Waals surface area contributed by atoms with Crippen LogP contribution in [0.25, 0.3) is 0 Å². The quantitative estimate of drug-likeness (QED) is 0.792. The maximum atomic E-state index is 11.9. The minimum atomic E-state index is 0.00810. The van der Waals surface area contributed by atoms with Gasteiger partial charge in [-0.25, -0.2) is 0 Å². The maximum absolute atomic E-state index is 11.9. The molecule has 4 nitrogen and oxygen atoms in total. The molecule has 1 amide bonds. The highest BCUT2D eigenvalue weighted by Crippen LogP contribution is 2.12. The van der Waals surface area contributed by atoms with E-state index < -0.39 is 0 Å². The topological polar surface area (TPSA) is 56.1 Å². The number of hydrogen-bond acceptors (Lipinski definition) is 4. The van der Waals surface area contributed by atoms with Gasteiger partial charge in [-0.2, -0.15) is 17.0 Å². The molecule has 0 bridgehead atoms. The van der Waals surface area contributed by atoms with Crippen molar-refractivity contribution in [1.82, 2.24) is 10.2 Å². The third-order valence-corrected chi connectivity index (χ3v) is 3.99. The molecule has 2 unspecified atom stereocenters. The third kappa shape index (κ3) is 4.03. The number of nitrogens with one attached hydrogen (secondary N) is 1. The molecule has 0 radical (unpaired) electrons. The Morgan fingerprint density at radius 3 is 3.06 bits per heavy atom. The number of rotatable bonds is 4. The van der Waals surface area contributed by atoms with Gasteiger partial charge in [0.05, 0.1) is 12.5 Å². The highest BCUT2D eigenvalue weighted by molar-refractivity contribution is 7.99. The van der Waals surface area contributed by atoms with E-state index in [1.165, 1.54) is 0 Å². The normalized spacial score (nSPS) is 22.2. The first-order valence-corrected chi connectivity index (χ1v) is 6.74. The molecule has 1 N–H and O–H groups in total. The van der Waals surface area contributed by atoms with Crippen molar-refractivity contribution in [2.75, 3.05) is 25.1 Å². The van der Waals surface area contributed by atoms with E-state index in [2.05, 4.69) is 11.4 Å². The van der Waals surface area contributed by atoms with E-state index in [1.54, 1.807) is 11.9 Å². The van der Waals surface area contributed by atoms with Crippen LogP contribution in [0.4, 0.5) is 0 Å². The summed E-state index contributed by atoms with van der Waals surface area (Å²) in [5, 5.41) is 11.9. The van der Waals surface area contributed by atoms with Gasteiger partial charge in [0.25, 0.3) is 0 Å². The van der Waals surface area contributed by atoms with E-state index in [0.717, 1.165) is 18.1 Å². The lowest BCUT2D eigenvalue weighted by Gasteiger charge is -2.27. The minimum absolute atomic E-state index is 0.00810. The highest BCUT2D eigenvalue weighted by Gasteiger charge is 2.21. The second-order valence-electron chi connectivity index (χ2n) is 4.15. The molecule has 1 fully saturated rings. The first-order valence-electron chi connectivity index (χ1n) is 5.59. The lowest BCUT2D eigenvalue weighted by Crippen LogP contribution is -2.43. The minimum Gasteiger partial charge on any atom is -0.342 e. The summed E-state index contributed by atoms with van der Waals surface area (Å²) in [5.41, 5.74) is 0. The molecular formula is C11H19N3OS. The van der Waals surface area contributed by atoms with Gasteiger partial charge in [0.2, 0.25) is 5.91 Å². The zero-order valence-electron chi connectivity index (χ0n) is 9.90. The average molecular weight is 241 g/mol. The largest absolute Gasteiger partial charge is 0.342 e. The molecule has 0 aromatic heterocycles. The fourth-order valence-electron chi connectivity index (χ4n) is 1.62. The van der Waals surface area contributed by atoms with Crippen LogP contribution in [0.1, 0.15) is 19.8 Å². The molecule has 1 saturated heterocycles. The second-order valence-corrected chi connectivity index (χ2v) is 5.30. The third-order valence-electron chi connectivity index (χ3n) is 2.86. The number of nitriles is 1. The lowest BCUT2D eigenvalue weighted by molar-refractivity contribution is -0.132. The van der Waals surface area contributed by atoms with E-state index in [9.17, 15) is 4.79 Å². The van der Waals surface area contributed by atoms with Gasteiger partial charge < -0.3 is 10.2 Å². The van der Waals surface area contributed by atoms with Crippen molar-refractivity contribution in [2.45, 2.75) is 31.8 Å². The summed E-state index contributed by atoms with van der Waals surface area (Å²) in [6.07, 6.45) is 0.939. The van der Waals surface area contributed by atoms with E-state index in [1.807, 2.05) is 18.7 Å². The predicted molar refractivity (Wildman–Crippen MR) is 66.2 cm³/mol. The van der Waals surface area contributed by atoms with E-state index >= 15 is 0 Å². The zero-order valence-corrected chi connectivity index (χ0v) is 10.7. The fraction of sp³-hybridized carbons (Fsp3) is 0.818. The second kappa shape index (κ2) is 6.77. The smallest absolute Gasteiger partial charge is 0.224 e. The molecule has 16 heavy (non-hydrogen) atoms. The van der Waals surface area contributed by atoms with Gasteiger partial charge in [-0.3, -0.25) is 4.79 Å². The number of carbonyl (C=O) groups excluding carboxylic acids is 1. The Balaban J connectivity index is 2.35. The van der Waals surface area contributed by atoms with Crippen LogP contribution in [0.3, 0.4) is 0 Å². The van der Waals surface area contributed by atoms with Crippen LogP contribution < -0.4 is 5.32 Å². The Labute approximate surface area is 101 Å². The molecule has 0 saturated carbocycles. The number of carbonyl (C=O) groups is 1. The summed E-state index contributed by atoms with van der Waals surface area (Å²) >= 11 is 1.89. The summed E-state index contributed by atoms with van der Waals surface area (Å²) in [6, 6.07) is 2.40. The molecule has 1 heterocycles. The van der Waals surface area contributed by atoms with Gasteiger partial charge in [0.1, 0.15) is 0 Å². The zero-order chi connectivity index (χ0) is 12.0. The summed E-state index contributed by atoms with van der Waals surface area (Å²) in [5.74, 6) is 2.26.